The second kappa shape index (κ2) is 6.57. The van der Waals surface area contributed by atoms with E-state index in [1.165, 1.54) is 32.1 Å². The van der Waals surface area contributed by atoms with Crippen LogP contribution < -0.4 is 0 Å². The van der Waals surface area contributed by atoms with E-state index in [1.54, 1.807) is 0 Å². The number of carbonyl (C=O) groups is 1. The van der Waals surface area contributed by atoms with Gasteiger partial charge in [-0.3, -0.25) is 9.69 Å². The van der Waals surface area contributed by atoms with Crippen LogP contribution in [0, 0.1) is 19.8 Å². The Balaban J connectivity index is 1.91. The van der Waals surface area contributed by atoms with Gasteiger partial charge in [0.15, 0.2) is 5.78 Å². The predicted molar refractivity (Wildman–Crippen MR) is 83.3 cm³/mol. The molecule has 1 heterocycles. The molecule has 0 amide bonds. The maximum atomic E-state index is 12.4. The Morgan fingerprint density at radius 2 is 1.95 bits per heavy atom. The van der Waals surface area contributed by atoms with E-state index in [2.05, 4.69) is 23.4 Å². The summed E-state index contributed by atoms with van der Waals surface area (Å²) in [7, 11) is 4.10. The highest BCUT2D eigenvalue weighted by Crippen LogP contribution is 2.24. The van der Waals surface area contributed by atoms with Gasteiger partial charge in [-0.25, -0.2) is 0 Å². The minimum Gasteiger partial charge on any atom is -0.351 e. The van der Waals surface area contributed by atoms with Gasteiger partial charge >= 0.3 is 0 Å². The van der Waals surface area contributed by atoms with Crippen LogP contribution in [-0.4, -0.2) is 35.4 Å². The van der Waals surface area contributed by atoms with Gasteiger partial charge in [0, 0.05) is 30.5 Å². The third-order valence-electron chi connectivity index (χ3n) is 4.78. The molecule has 1 aromatic heterocycles. The first kappa shape index (κ1) is 15.3. The Morgan fingerprint density at radius 1 is 1.30 bits per heavy atom. The van der Waals surface area contributed by atoms with Crippen LogP contribution >= 0.6 is 0 Å². The predicted octanol–water partition coefficient (Wildman–Crippen LogP) is 3.34. The summed E-state index contributed by atoms with van der Waals surface area (Å²) in [6, 6.07) is 2.02. The average molecular weight is 276 g/mol. The molecular weight excluding hydrogens is 248 g/mol. The molecule has 20 heavy (non-hydrogen) atoms. The monoisotopic (exact) mass is 276 g/mol. The average Bonchev–Trinajstić information content (AvgIpc) is 2.67. The van der Waals surface area contributed by atoms with Crippen LogP contribution in [0.5, 0.6) is 0 Å². The lowest BCUT2D eigenvalue weighted by molar-refractivity contribution is 0.0931. The zero-order valence-corrected chi connectivity index (χ0v) is 13.4. The first-order valence-electron chi connectivity index (χ1n) is 7.83. The molecule has 1 aliphatic carbocycles. The SMILES string of the molecule is Cc1cc(C(=O)CN(C)CC2CCCCC2)c(C)n1C. The van der Waals surface area contributed by atoms with Crippen LogP contribution in [0.3, 0.4) is 0 Å². The van der Waals surface area contributed by atoms with Crippen molar-refractivity contribution in [2.75, 3.05) is 20.1 Å². The lowest BCUT2D eigenvalue weighted by Gasteiger charge is -2.26. The Labute approximate surface area is 123 Å². The van der Waals surface area contributed by atoms with Crippen molar-refractivity contribution in [3.05, 3.63) is 23.0 Å². The van der Waals surface area contributed by atoms with E-state index in [-0.39, 0.29) is 5.78 Å². The lowest BCUT2D eigenvalue weighted by Crippen LogP contribution is -2.31. The van der Waals surface area contributed by atoms with Crippen molar-refractivity contribution < 1.29 is 4.79 Å². The highest BCUT2D eigenvalue weighted by atomic mass is 16.1. The third kappa shape index (κ3) is 3.51. The Morgan fingerprint density at radius 3 is 2.50 bits per heavy atom. The number of hydrogen-bond acceptors (Lipinski definition) is 2. The van der Waals surface area contributed by atoms with E-state index in [9.17, 15) is 4.79 Å². The summed E-state index contributed by atoms with van der Waals surface area (Å²) in [6.07, 6.45) is 6.79. The van der Waals surface area contributed by atoms with E-state index in [0.717, 1.165) is 29.4 Å². The van der Waals surface area contributed by atoms with Crippen LogP contribution in [0.1, 0.15) is 53.8 Å². The number of carbonyl (C=O) groups excluding carboxylic acids is 1. The summed E-state index contributed by atoms with van der Waals surface area (Å²) < 4.78 is 2.09. The number of ketones is 1. The molecule has 2 rings (SSSR count). The molecule has 1 aromatic rings. The fourth-order valence-corrected chi connectivity index (χ4v) is 3.34. The number of nitrogens with zero attached hydrogens (tertiary/aromatic N) is 2. The van der Waals surface area contributed by atoms with E-state index in [0.29, 0.717) is 6.54 Å². The van der Waals surface area contributed by atoms with Crippen LogP contribution in [0.4, 0.5) is 0 Å². The first-order valence-corrected chi connectivity index (χ1v) is 7.83. The molecule has 1 aliphatic rings. The maximum absolute atomic E-state index is 12.4. The molecule has 112 valence electrons. The van der Waals surface area contributed by atoms with Gasteiger partial charge < -0.3 is 4.57 Å². The van der Waals surface area contributed by atoms with Gasteiger partial charge in [-0.15, -0.1) is 0 Å². The van der Waals surface area contributed by atoms with Gasteiger partial charge in [-0.05, 0) is 45.7 Å². The summed E-state index contributed by atoms with van der Waals surface area (Å²) in [5.74, 6) is 1.05. The molecular formula is C17H28N2O. The van der Waals surface area contributed by atoms with E-state index >= 15 is 0 Å². The molecule has 0 spiro atoms. The molecule has 0 unspecified atom stereocenters. The second-order valence-electron chi connectivity index (χ2n) is 6.47. The van der Waals surface area contributed by atoms with E-state index < -0.39 is 0 Å². The zero-order chi connectivity index (χ0) is 14.7. The molecule has 1 fully saturated rings. The fourth-order valence-electron chi connectivity index (χ4n) is 3.34. The number of Topliss-reactive ketones (excluding diaryl/α,β-unsaturated/α-hetero) is 1. The number of aromatic nitrogens is 1. The van der Waals surface area contributed by atoms with Crippen LogP contribution in [-0.2, 0) is 7.05 Å². The molecule has 0 aliphatic heterocycles. The first-order chi connectivity index (χ1) is 9.49. The Kier molecular flexibility index (Phi) is 5.03. The van der Waals surface area contributed by atoms with E-state index in [4.69, 9.17) is 0 Å². The highest BCUT2D eigenvalue weighted by Gasteiger charge is 2.19. The van der Waals surface area contributed by atoms with Gasteiger partial charge in [-0.1, -0.05) is 19.3 Å². The van der Waals surface area contributed by atoms with Gasteiger partial charge in [0.1, 0.15) is 0 Å². The maximum Gasteiger partial charge on any atom is 0.178 e. The fraction of sp³-hybridized carbons (Fsp3) is 0.706. The second-order valence-corrected chi connectivity index (χ2v) is 6.47. The smallest absolute Gasteiger partial charge is 0.178 e. The molecule has 3 heteroatoms. The van der Waals surface area contributed by atoms with Crippen molar-refractivity contribution in [1.29, 1.82) is 0 Å². The standard InChI is InChI=1S/C17H28N2O/c1-13-10-16(14(2)19(13)4)17(20)12-18(3)11-15-8-6-5-7-9-15/h10,15H,5-9,11-12H2,1-4H3. The van der Waals surface area contributed by atoms with Gasteiger partial charge in [0.2, 0.25) is 0 Å². The van der Waals surface area contributed by atoms with Crippen LogP contribution in [0.2, 0.25) is 0 Å². The van der Waals surface area contributed by atoms with Crippen molar-refractivity contribution in [2.45, 2.75) is 46.0 Å². The minimum absolute atomic E-state index is 0.254. The van der Waals surface area contributed by atoms with Gasteiger partial charge in [-0.2, -0.15) is 0 Å². The highest BCUT2D eigenvalue weighted by molar-refractivity contribution is 5.99. The number of aryl methyl sites for hydroxylation is 1. The van der Waals surface area contributed by atoms with E-state index in [1.807, 2.05) is 20.0 Å². The molecule has 0 N–H and O–H groups in total. The molecule has 0 radical (unpaired) electrons. The summed E-state index contributed by atoms with van der Waals surface area (Å²) in [6.45, 7) is 5.69. The van der Waals surface area contributed by atoms with Crippen LogP contribution in [0.15, 0.2) is 6.07 Å². The van der Waals surface area contributed by atoms with Crippen molar-refractivity contribution >= 4 is 5.78 Å². The Bertz CT molecular complexity index is 470. The third-order valence-corrected chi connectivity index (χ3v) is 4.78. The number of hydrogen-bond donors (Lipinski definition) is 0. The van der Waals surface area contributed by atoms with Gasteiger partial charge in [0.05, 0.1) is 6.54 Å². The minimum atomic E-state index is 0.254. The van der Waals surface area contributed by atoms with Crippen molar-refractivity contribution in [1.82, 2.24) is 9.47 Å². The van der Waals surface area contributed by atoms with Gasteiger partial charge in [0.25, 0.3) is 0 Å². The topological polar surface area (TPSA) is 25.2 Å². The molecule has 0 atom stereocenters. The molecule has 0 saturated heterocycles. The molecule has 1 saturated carbocycles. The summed E-state index contributed by atoms with van der Waals surface area (Å²) >= 11 is 0. The number of rotatable bonds is 5. The quantitative estimate of drug-likeness (QED) is 0.771. The number of likely N-dealkylation sites (N-methyl/N-ethyl adjacent to an activating group) is 1. The largest absolute Gasteiger partial charge is 0.351 e. The summed E-state index contributed by atoms with van der Waals surface area (Å²) in [5, 5.41) is 0. The molecule has 0 bridgehead atoms. The zero-order valence-electron chi connectivity index (χ0n) is 13.4. The summed E-state index contributed by atoms with van der Waals surface area (Å²) in [4.78, 5) is 14.6. The molecule has 0 aromatic carbocycles. The van der Waals surface area contributed by atoms with Crippen LogP contribution in [0.25, 0.3) is 0 Å². The van der Waals surface area contributed by atoms with Crippen molar-refractivity contribution in [3.8, 4) is 0 Å². The van der Waals surface area contributed by atoms with Crippen molar-refractivity contribution in [3.63, 3.8) is 0 Å². The lowest BCUT2D eigenvalue weighted by atomic mass is 9.89. The normalized spacial score (nSPS) is 16.9. The molecule has 3 nitrogen and oxygen atoms in total. The Hall–Kier alpha value is -1.09. The summed E-state index contributed by atoms with van der Waals surface area (Å²) in [5.41, 5.74) is 3.12. The van der Waals surface area contributed by atoms with Crippen molar-refractivity contribution in [2.24, 2.45) is 13.0 Å².